The predicted octanol–water partition coefficient (Wildman–Crippen LogP) is 0.235. The summed E-state index contributed by atoms with van der Waals surface area (Å²) in [6, 6.07) is -0.837. The average Bonchev–Trinajstić information content (AvgIpc) is 2.02. The molecule has 0 amide bonds. The molecular weight excluding hydrogens is 176 g/mol. The van der Waals surface area contributed by atoms with Crippen molar-refractivity contribution >= 4 is 5.97 Å². The third-order valence-electron chi connectivity index (χ3n) is 1.67. The van der Waals surface area contributed by atoms with Crippen molar-refractivity contribution in [2.75, 3.05) is 6.54 Å². The number of aliphatic carboxylic acids is 1. The summed E-state index contributed by atoms with van der Waals surface area (Å²) in [6.07, 6.45) is 2.15. The van der Waals surface area contributed by atoms with Gasteiger partial charge in [0.15, 0.2) is 0 Å². The number of nitrogens with two attached hydrogens (primary N) is 1. The van der Waals surface area contributed by atoms with Gasteiger partial charge in [0.25, 0.3) is 0 Å². The van der Waals surface area contributed by atoms with Gasteiger partial charge in [-0.05, 0) is 12.8 Å². The van der Waals surface area contributed by atoms with E-state index >= 15 is 0 Å². The lowest BCUT2D eigenvalue weighted by Gasteiger charge is -2.04. The lowest BCUT2D eigenvalue weighted by atomic mass is 10.1. The Labute approximate surface area is 75.9 Å². The molecule has 0 rings (SSSR count). The fourth-order valence-electron chi connectivity index (χ4n) is 0.905. The minimum Gasteiger partial charge on any atom is -0.480 e. The Morgan fingerprint density at radius 1 is 1.46 bits per heavy atom. The van der Waals surface area contributed by atoms with Crippen molar-refractivity contribution in [2.24, 2.45) is 5.73 Å². The molecule has 0 radical (unpaired) electrons. The summed E-state index contributed by atoms with van der Waals surface area (Å²) in [5, 5.41) is 18.3. The fraction of sp³-hybridized carbons (Fsp3) is 0.857. The van der Waals surface area contributed by atoms with Crippen LogP contribution in [0.3, 0.4) is 0 Å². The number of rotatable bonds is 7. The summed E-state index contributed by atoms with van der Waals surface area (Å²) in [6.45, 7) is -0.0533. The smallest absolute Gasteiger partial charge is 0.320 e. The Bertz CT molecular complexity index is 183. The first-order chi connectivity index (χ1) is 6.04. The van der Waals surface area contributed by atoms with Gasteiger partial charge in [-0.3, -0.25) is 14.9 Å². The summed E-state index contributed by atoms with van der Waals surface area (Å²) in [5.41, 5.74) is 5.23. The van der Waals surface area contributed by atoms with Crippen LogP contribution in [-0.4, -0.2) is 28.6 Å². The van der Waals surface area contributed by atoms with E-state index < -0.39 is 12.0 Å². The molecule has 0 saturated heterocycles. The molecule has 0 aromatic rings. The van der Waals surface area contributed by atoms with Gasteiger partial charge < -0.3 is 10.8 Å². The van der Waals surface area contributed by atoms with Gasteiger partial charge in [0.1, 0.15) is 6.04 Å². The first-order valence-corrected chi connectivity index (χ1v) is 4.14. The molecule has 1 unspecified atom stereocenters. The van der Waals surface area contributed by atoms with Gasteiger partial charge in [-0.15, -0.1) is 0 Å². The lowest BCUT2D eigenvalue weighted by molar-refractivity contribution is -0.480. The van der Waals surface area contributed by atoms with Gasteiger partial charge in [-0.1, -0.05) is 6.42 Å². The molecule has 6 heteroatoms. The minimum absolute atomic E-state index is 0.0533. The number of carboxylic acids is 1. The van der Waals surface area contributed by atoms with Gasteiger partial charge >= 0.3 is 5.97 Å². The van der Waals surface area contributed by atoms with Gasteiger partial charge in [0.05, 0.1) is 0 Å². The summed E-state index contributed by atoms with van der Waals surface area (Å²) >= 11 is 0. The molecule has 13 heavy (non-hydrogen) atoms. The average molecular weight is 190 g/mol. The third-order valence-corrected chi connectivity index (χ3v) is 1.67. The van der Waals surface area contributed by atoms with E-state index in [1.807, 2.05) is 0 Å². The molecule has 0 bridgehead atoms. The van der Waals surface area contributed by atoms with Crippen LogP contribution in [-0.2, 0) is 4.79 Å². The fourth-order valence-corrected chi connectivity index (χ4v) is 0.905. The molecule has 0 saturated carbocycles. The lowest BCUT2D eigenvalue weighted by Crippen LogP contribution is -2.29. The molecule has 0 heterocycles. The number of hydrogen-bond donors (Lipinski definition) is 2. The SMILES string of the molecule is NC(CCCCC[N+](=O)[O-])C(=O)O. The molecule has 0 aromatic carbocycles. The highest BCUT2D eigenvalue weighted by Crippen LogP contribution is 2.02. The standard InChI is InChI=1S/C7H14N2O4/c8-6(7(10)11)4-2-1-3-5-9(12)13/h6H,1-5,8H2,(H,10,11). The molecule has 6 nitrogen and oxygen atoms in total. The molecule has 0 aliphatic heterocycles. The Morgan fingerprint density at radius 2 is 2.08 bits per heavy atom. The van der Waals surface area contributed by atoms with Gasteiger partial charge in [0, 0.05) is 11.3 Å². The van der Waals surface area contributed by atoms with E-state index in [4.69, 9.17) is 10.8 Å². The van der Waals surface area contributed by atoms with Crippen LogP contribution in [0.2, 0.25) is 0 Å². The predicted molar refractivity (Wildman–Crippen MR) is 45.9 cm³/mol. The molecule has 0 fully saturated rings. The van der Waals surface area contributed by atoms with E-state index in [0.29, 0.717) is 25.7 Å². The van der Waals surface area contributed by atoms with Crippen molar-refractivity contribution in [3.05, 3.63) is 10.1 Å². The second-order valence-electron chi connectivity index (χ2n) is 2.85. The summed E-state index contributed by atoms with van der Waals surface area (Å²) < 4.78 is 0. The van der Waals surface area contributed by atoms with Crippen LogP contribution in [0.1, 0.15) is 25.7 Å². The van der Waals surface area contributed by atoms with Gasteiger partial charge in [0.2, 0.25) is 6.54 Å². The first kappa shape index (κ1) is 11.8. The quantitative estimate of drug-likeness (QED) is 0.339. The van der Waals surface area contributed by atoms with Crippen LogP contribution in [0, 0.1) is 10.1 Å². The highest BCUT2D eigenvalue weighted by atomic mass is 16.6. The highest BCUT2D eigenvalue weighted by Gasteiger charge is 2.10. The van der Waals surface area contributed by atoms with Crippen molar-refractivity contribution in [1.82, 2.24) is 0 Å². The van der Waals surface area contributed by atoms with E-state index in [9.17, 15) is 14.9 Å². The van der Waals surface area contributed by atoms with Crippen molar-refractivity contribution < 1.29 is 14.8 Å². The molecule has 0 aliphatic carbocycles. The van der Waals surface area contributed by atoms with Crippen LogP contribution in [0.5, 0.6) is 0 Å². The van der Waals surface area contributed by atoms with Crippen LogP contribution in [0.25, 0.3) is 0 Å². The van der Waals surface area contributed by atoms with E-state index in [1.165, 1.54) is 0 Å². The summed E-state index contributed by atoms with van der Waals surface area (Å²) in [7, 11) is 0. The molecule has 0 aliphatic rings. The Kier molecular flexibility index (Phi) is 5.79. The van der Waals surface area contributed by atoms with Crippen molar-refractivity contribution in [2.45, 2.75) is 31.7 Å². The van der Waals surface area contributed by atoms with Crippen LogP contribution >= 0.6 is 0 Å². The Hall–Kier alpha value is -1.17. The molecule has 76 valence electrons. The monoisotopic (exact) mass is 190 g/mol. The Morgan fingerprint density at radius 3 is 2.54 bits per heavy atom. The van der Waals surface area contributed by atoms with E-state index in [-0.39, 0.29) is 11.5 Å². The largest absolute Gasteiger partial charge is 0.480 e. The number of carbonyl (C=O) groups is 1. The zero-order chi connectivity index (χ0) is 10.3. The number of nitrogens with zero attached hydrogens (tertiary/aromatic N) is 1. The maximum atomic E-state index is 10.2. The molecule has 0 spiro atoms. The second kappa shape index (κ2) is 6.36. The number of hydrogen-bond acceptors (Lipinski definition) is 4. The van der Waals surface area contributed by atoms with Crippen molar-refractivity contribution in [1.29, 1.82) is 0 Å². The maximum Gasteiger partial charge on any atom is 0.320 e. The molecule has 0 aromatic heterocycles. The highest BCUT2D eigenvalue weighted by molar-refractivity contribution is 5.72. The zero-order valence-electron chi connectivity index (χ0n) is 7.31. The maximum absolute atomic E-state index is 10.2. The summed E-state index contributed by atoms with van der Waals surface area (Å²) in [5.74, 6) is -1.02. The van der Waals surface area contributed by atoms with Gasteiger partial charge in [-0.2, -0.15) is 0 Å². The van der Waals surface area contributed by atoms with E-state index in [2.05, 4.69) is 0 Å². The molecular formula is C7H14N2O4. The third kappa shape index (κ3) is 7.20. The topological polar surface area (TPSA) is 106 Å². The van der Waals surface area contributed by atoms with Gasteiger partial charge in [-0.25, -0.2) is 0 Å². The normalized spacial score (nSPS) is 12.4. The van der Waals surface area contributed by atoms with Crippen LogP contribution < -0.4 is 5.73 Å². The summed E-state index contributed by atoms with van der Waals surface area (Å²) in [4.78, 5) is 19.8. The Balaban J connectivity index is 3.26. The van der Waals surface area contributed by atoms with Crippen LogP contribution in [0.15, 0.2) is 0 Å². The number of carboxylic acid groups (broad SMARTS) is 1. The number of unbranched alkanes of at least 4 members (excludes halogenated alkanes) is 2. The minimum atomic E-state index is -1.02. The van der Waals surface area contributed by atoms with Crippen molar-refractivity contribution in [3.8, 4) is 0 Å². The molecule has 3 N–H and O–H groups in total. The van der Waals surface area contributed by atoms with E-state index in [0.717, 1.165) is 0 Å². The second-order valence-corrected chi connectivity index (χ2v) is 2.85. The number of nitro groups is 1. The zero-order valence-corrected chi connectivity index (χ0v) is 7.31. The van der Waals surface area contributed by atoms with E-state index in [1.54, 1.807) is 0 Å². The molecule has 1 atom stereocenters. The first-order valence-electron chi connectivity index (χ1n) is 4.14. The van der Waals surface area contributed by atoms with Crippen molar-refractivity contribution in [3.63, 3.8) is 0 Å². The van der Waals surface area contributed by atoms with Crippen LogP contribution in [0.4, 0.5) is 0 Å².